The number of piperidine rings is 1. The number of rotatable bonds is 5. The fourth-order valence-electron chi connectivity index (χ4n) is 4.76. The van der Waals surface area contributed by atoms with Gasteiger partial charge in [-0.2, -0.15) is 0 Å². The molecule has 3 heterocycles. The predicted molar refractivity (Wildman–Crippen MR) is 132 cm³/mol. The van der Waals surface area contributed by atoms with Crippen LogP contribution < -0.4 is 10.2 Å². The minimum atomic E-state index is -0.0721. The molecule has 2 aliphatic rings. The van der Waals surface area contributed by atoms with Crippen molar-refractivity contribution in [3.63, 3.8) is 0 Å². The number of carbonyl (C=O) groups is 2. The van der Waals surface area contributed by atoms with Gasteiger partial charge in [-0.3, -0.25) is 9.59 Å². The highest BCUT2D eigenvalue weighted by Crippen LogP contribution is 2.24. The number of benzene rings is 2. The van der Waals surface area contributed by atoms with Gasteiger partial charge in [-0.15, -0.1) is 0 Å². The molecule has 2 amide bonds. The number of amides is 2. The average Bonchev–Trinajstić information content (AvgIpc) is 2.92. The summed E-state index contributed by atoms with van der Waals surface area (Å²) in [5, 5.41) is 5.09. The Labute approximate surface area is 199 Å². The first-order valence-electron chi connectivity index (χ1n) is 12.0. The summed E-state index contributed by atoms with van der Waals surface area (Å²) >= 11 is 0. The molecule has 2 aliphatic heterocycles. The van der Waals surface area contributed by atoms with Crippen molar-refractivity contribution in [2.45, 2.75) is 19.4 Å². The van der Waals surface area contributed by atoms with Gasteiger partial charge in [0.1, 0.15) is 5.82 Å². The van der Waals surface area contributed by atoms with E-state index in [9.17, 15) is 9.59 Å². The minimum Gasteiger partial charge on any atom is -0.378 e. The molecule has 0 aliphatic carbocycles. The fraction of sp³-hybridized carbons (Fsp3) is 0.370. The van der Waals surface area contributed by atoms with Gasteiger partial charge in [-0.05, 0) is 41.3 Å². The van der Waals surface area contributed by atoms with E-state index in [-0.39, 0.29) is 17.7 Å². The van der Waals surface area contributed by atoms with Crippen LogP contribution >= 0.6 is 0 Å². The number of ether oxygens (including phenoxy) is 1. The van der Waals surface area contributed by atoms with Crippen LogP contribution in [0.4, 0.5) is 5.82 Å². The molecular formula is C27H30N4O3. The summed E-state index contributed by atoms with van der Waals surface area (Å²) in [4.78, 5) is 34.5. The lowest BCUT2D eigenvalue weighted by molar-refractivity contribution is -0.126. The van der Waals surface area contributed by atoms with Gasteiger partial charge < -0.3 is 19.9 Å². The summed E-state index contributed by atoms with van der Waals surface area (Å²) in [7, 11) is 0. The van der Waals surface area contributed by atoms with Gasteiger partial charge in [0.05, 0.1) is 13.2 Å². The Morgan fingerprint density at radius 1 is 0.941 bits per heavy atom. The van der Waals surface area contributed by atoms with Crippen molar-refractivity contribution >= 4 is 28.4 Å². The number of fused-ring (bicyclic) bond motifs is 1. The first kappa shape index (κ1) is 22.3. The third-order valence-electron chi connectivity index (χ3n) is 6.78. The molecule has 0 unspecified atom stereocenters. The number of likely N-dealkylation sites (tertiary alicyclic amines) is 1. The number of morpholine rings is 1. The molecule has 0 bridgehead atoms. The van der Waals surface area contributed by atoms with Gasteiger partial charge in [0, 0.05) is 50.4 Å². The Hall–Kier alpha value is -3.45. The van der Waals surface area contributed by atoms with E-state index >= 15 is 0 Å². The second-order valence-electron chi connectivity index (χ2n) is 8.94. The molecule has 0 radical (unpaired) electrons. The van der Waals surface area contributed by atoms with Gasteiger partial charge in [0.25, 0.3) is 5.91 Å². The zero-order chi connectivity index (χ0) is 23.3. The van der Waals surface area contributed by atoms with Crippen LogP contribution in [0.1, 0.15) is 28.8 Å². The zero-order valence-electron chi connectivity index (χ0n) is 19.3. The van der Waals surface area contributed by atoms with Crippen molar-refractivity contribution in [2.75, 3.05) is 44.3 Å². The van der Waals surface area contributed by atoms with Crippen LogP contribution in [0.3, 0.4) is 0 Å². The highest BCUT2D eigenvalue weighted by molar-refractivity contribution is 6.07. The van der Waals surface area contributed by atoms with Crippen LogP contribution in [0, 0.1) is 5.92 Å². The van der Waals surface area contributed by atoms with Crippen LogP contribution in [-0.2, 0) is 16.1 Å². The van der Waals surface area contributed by atoms with Crippen molar-refractivity contribution in [3.8, 4) is 0 Å². The predicted octanol–water partition coefficient (Wildman–Crippen LogP) is 3.24. The molecule has 7 nitrogen and oxygen atoms in total. The van der Waals surface area contributed by atoms with Gasteiger partial charge in [-0.1, -0.05) is 42.5 Å². The molecule has 176 valence electrons. The summed E-state index contributed by atoms with van der Waals surface area (Å²) in [6.45, 7) is 4.81. The maximum atomic E-state index is 13.2. The zero-order valence-corrected chi connectivity index (χ0v) is 19.3. The molecule has 1 aromatic heterocycles. The number of pyridine rings is 1. The van der Waals surface area contributed by atoms with E-state index in [1.807, 2.05) is 65.7 Å². The second-order valence-corrected chi connectivity index (χ2v) is 8.94. The average molecular weight is 459 g/mol. The van der Waals surface area contributed by atoms with E-state index in [4.69, 9.17) is 4.74 Å². The molecule has 2 saturated heterocycles. The summed E-state index contributed by atoms with van der Waals surface area (Å²) in [6, 6.07) is 17.8. The van der Waals surface area contributed by atoms with Crippen LogP contribution in [0.5, 0.6) is 0 Å². The highest BCUT2D eigenvalue weighted by atomic mass is 16.5. The van der Waals surface area contributed by atoms with E-state index in [0.29, 0.717) is 32.5 Å². The number of hydrogen-bond acceptors (Lipinski definition) is 5. The van der Waals surface area contributed by atoms with Gasteiger partial charge in [0.2, 0.25) is 5.91 Å². The highest BCUT2D eigenvalue weighted by Gasteiger charge is 2.28. The smallest absolute Gasteiger partial charge is 0.254 e. The van der Waals surface area contributed by atoms with Crippen LogP contribution in [0.15, 0.2) is 60.8 Å². The lowest BCUT2D eigenvalue weighted by atomic mass is 9.94. The number of hydrogen-bond donors (Lipinski definition) is 1. The molecule has 2 fully saturated rings. The fourth-order valence-corrected chi connectivity index (χ4v) is 4.76. The lowest BCUT2D eigenvalue weighted by Crippen LogP contribution is -2.43. The monoisotopic (exact) mass is 458 g/mol. The standard InChI is InChI=1S/C27H30N4O3/c32-26(29-19-20-8-9-25(28-18-20)30-14-16-34-17-15-30)22-10-12-31(13-11-22)27(33)24-7-3-5-21-4-1-2-6-23(21)24/h1-9,18,22H,10-17,19H2,(H,29,32). The topological polar surface area (TPSA) is 74.8 Å². The van der Waals surface area contributed by atoms with E-state index in [1.54, 1.807) is 0 Å². The summed E-state index contributed by atoms with van der Waals surface area (Å²) in [5.74, 6) is 0.968. The summed E-state index contributed by atoms with van der Waals surface area (Å²) < 4.78 is 5.39. The molecule has 0 atom stereocenters. The van der Waals surface area contributed by atoms with Gasteiger partial charge in [0.15, 0.2) is 0 Å². The Kier molecular flexibility index (Phi) is 6.72. The van der Waals surface area contributed by atoms with E-state index in [2.05, 4.69) is 15.2 Å². The maximum Gasteiger partial charge on any atom is 0.254 e. The van der Waals surface area contributed by atoms with Crippen molar-refractivity contribution in [3.05, 3.63) is 71.9 Å². The number of anilines is 1. The van der Waals surface area contributed by atoms with E-state index < -0.39 is 0 Å². The molecule has 34 heavy (non-hydrogen) atoms. The Bertz CT molecular complexity index is 1140. The Balaban J connectivity index is 1.12. The largest absolute Gasteiger partial charge is 0.378 e. The molecule has 5 rings (SSSR count). The number of aromatic nitrogens is 1. The van der Waals surface area contributed by atoms with Gasteiger partial charge >= 0.3 is 0 Å². The molecule has 1 N–H and O–H groups in total. The van der Waals surface area contributed by atoms with Crippen molar-refractivity contribution in [1.29, 1.82) is 0 Å². The van der Waals surface area contributed by atoms with Crippen LogP contribution in [0.25, 0.3) is 10.8 Å². The van der Waals surface area contributed by atoms with Crippen LogP contribution in [-0.4, -0.2) is 61.1 Å². The van der Waals surface area contributed by atoms with Crippen LogP contribution in [0.2, 0.25) is 0 Å². The third kappa shape index (κ3) is 4.89. The van der Waals surface area contributed by atoms with Crippen molar-refractivity contribution in [2.24, 2.45) is 5.92 Å². The third-order valence-corrected chi connectivity index (χ3v) is 6.78. The SMILES string of the molecule is O=C(NCc1ccc(N2CCOCC2)nc1)C1CCN(C(=O)c2cccc3ccccc23)CC1. The molecular weight excluding hydrogens is 428 g/mol. The molecule has 2 aromatic carbocycles. The first-order valence-corrected chi connectivity index (χ1v) is 12.0. The number of carbonyl (C=O) groups excluding carboxylic acids is 2. The quantitative estimate of drug-likeness (QED) is 0.635. The number of nitrogens with one attached hydrogen (secondary N) is 1. The second kappa shape index (κ2) is 10.2. The van der Waals surface area contributed by atoms with E-state index in [1.165, 1.54) is 0 Å². The van der Waals surface area contributed by atoms with Crippen molar-refractivity contribution in [1.82, 2.24) is 15.2 Å². The summed E-state index contributed by atoms with van der Waals surface area (Å²) in [6.07, 6.45) is 3.18. The lowest BCUT2D eigenvalue weighted by Gasteiger charge is -2.31. The molecule has 3 aromatic rings. The Morgan fingerprint density at radius 3 is 2.47 bits per heavy atom. The minimum absolute atomic E-state index is 0.0436. The van der Waals surface area contributed by atoms with Crippen molar-refractivity contribution < 1.29 is 14.3 Å². The molecule has 0 saturated carbocycles. The normalized spacial score (nSPS) is 17.1. The number of nitrogens with zero attached hydrogens (tertiary/aromatic N) is 3. The maximum absolute atomic E-state index is 13.2. The molecule has 0 spiro atoms. The molecule has 7 heteroatoms. The Morgan fingerprint density at radius 2 is 1.71 bits per heavy atom. The van der Waals surface area contributed by atoms with E-state index in [0.717, 1.165) is 54.0 Å². The van der Waals surface area contributed by atoms with Gasteiger partial charge in [-0.25, -0.2) is 4.98 Å². The summed E-state index contributed by atoms with van der Waals surface area (Å²) in [5.41, 5.74) is 1.71. The first-order chi connectivity index (χ1) is 16.7.